The highest BCUT2D eigenvalue weighted by atomic mass is 32.2. The minimum absolute atomic E-state index is 0.100. The van der Waals surface area contributed by atoms with Crippen molar-refractivity contribution < 1.29 is 13.5 Å². The molecule has 0 bridgehead atoms. The number of nitrogen functional groups attached to an aromatic ring is 1. The fourth-order valence-electron chi connectivity index (χ4n) is 2.85. The highest BCUT2D eigenvalue weighted by Gasteiger charge is 2.30. The fraction of sp³-hybridized carbons (Fsp3) is 0.571. The summed E-state index contributed by atoms with van der Waals surface area (Å²) in [7, 11) is -3.49. The Bertz CT molecular complexity index is 585. The van der Waals surface area contributed by atoms with Crippen LogP contribution in [0, 0.1) is 13.8 Å². The van der Waals surface area contributed by atoms with E-state index in [0.29, 0.717) is 54.4 Å². The Morgan fingerprint density at radius 2 is 1.67 bits per heavy atom. The molecule has 1 saturated heterocycles. The van der Waals surface area contributed by atoms with Crippen LogP contribution in [-0.4, -0.2) is 62.1 Å². The topological polar surface area (TPSA) is 86.9 Å². The van der Waals surface area contributed by atoms with Gasteiger partial charge in [-0.2, -0.15) is 4.31 Å². The lowest BCUT2D eigenvalue weighted by molar-refractivity contribution is 0.151. The molecule has 1 aromatic rings. The number of sulfonamides is 1. The maximum Gasteiger partial charge on any atom is 0.243 e. The molecule has 118 valence electrons. The van der Waals surface area contributed by atoms with Gasteiger partial charge in [0.1, 0.15) is 0 Å². The fourth-order valence-corrected chi connectivity index (χ4v) is 4.69. The van der Waals surface area contributed by atoms with Gasteiger partial charge in [-0.3, -0.25) is 4.90 Å². The molecule has 0 radical (unpaired) electrons. The summed E-state index contributed by atoms with van der Waals surface area (Å²) in [4.78, 5) is 2.43. The monoisotopic (exact) mass is 313 g/mol. The first kappa shape index (κ1) is 16.2. The molecule has 0 aliphatic carbocycles. The Balaban J connectivity index is 2.24. The van der Waals surface area contributed by atoms with Crippen LogP contribution < -0.4 is 5.73 Å². The number of benzene rings is 1. The van der Waals surface area contributed by atoms with E-state index in [4.69, 9.17) is 10.8 Å². The SMILES string of the molecule is Cc1cc(N)cc(C)c1S(=O)(=O)N1CCN(CCO)CC1. The molecule has 0 saturated carbocycles. The first-order valence-electron chi connectivity index (χ1n) is 7.06. The number of β-amino-alcohol motifs (C(OH)–C–C–N with tert-alkyl or cyclic N) is 1. The second-order valence-corrected chi connectivity index (χ2v) is 7.33. The van der Waals surface area contributed by atoms with Crippen LogP contribution in [0.25, 0.3) is 0 Å². The zero-order valence-corrected chi connectivity index (χ0v) is 13.4. The maximum atomic E-state index is 12.8. The molecular weight excluding hydrogens is 290 g/mol. The van der Waals surface area contributed by atoms with Crippen molar-refractivity contribution in [3.63, 3.8) is 0 Å². The molecule has 1 fully saturated rings. The average Bonchev–Trinajstić information content (AvgIpc) is 2.38. The van der Waals surface area contributed by atoms with Crippen LogP contribution in [0.15, 0.2) is 17.0 Å². The predicted molar refractivity (Wildman–Crippen MR) is 82.6 cm³/mol. The summed E-state index contributed by atoms with van der Waals surface area (Å²) < 4.78 is 27.2. The van der Waals surface area contributed by atoms with E-state index in [1.807, 2.05) is 0 Å². The van der Waals surface area contributed by atoms with Crippen molar-refractivity contribution in [2.45, 2.75) is 18.7 Å². The van der Waals surface area contributed by atoms with Gasteiger partial charge in [0.2, 0.25) is 10.0 Å². The Labute approximate surface area is 126 Å². The molecule has 1 aromatic carbocycles. The lowest BCUT2D eigenvalue weighted by Gasteiger charge is -2.34. The third-order valence-electron chi connectivity index (χ3n) is 3.83. The number of aliphatic hydroxyl groups excluding tert-OH is 1. The van der Waals surface area contributed by atoms with Gasteiger partial charge in [-0.25, -0.2) is 8.42 Å². The predicted octanol–water partition coefficient (Wildman–Crippen LogP) is 0.184. The van der Waals surface area contributed by atoms with Crippen LogP contribution in [0.4, 0.5) is 5.69 Å². The summed E-state index contributed by atoms with van der Waals surface area (Å²) in [6, 6.07) is 3.39. The van der Waals surface area contributed by atoms with Gasteiger partial charge >= 0.3 is 0 Å². The molecule has 7 heteroatoms. The first-order chi connectivity index (χ1) is 9.86. The van der Waals surface area contributed by atoms with E-state index in [9.17, 15) is 8.42 Å². The zero-order chi connectivity index (χ0) is 15.6. The van der Waals surface area contributed by atoms with Crippen LogP contribution in [0.2, 0.25) is 0 Å². The van der Waals surface area contributed by atoms with E-state index in [0.717, 1.165) is 0 Å². The number of nitrogens with zero attached hydrogens (tertiary/aromatic N) is 2. The Hall–Kier alpha value is -1.15. The minimum atomic E-state index is -3.49. The summed E-state index contributed by atoms with van der Waals surface area (Å²) in [5.74, 6) is 0. The average molecular weight is 313 g/mol. The summed E-state index contributed by atoms with van der Waals surface area (Å²) in [6.07, 6.45) is 0. The molecule has 0 spiro atoms. The number of rotatable bonds is 4. The molecule has 0 aromatic heterocycles. The lowest BCUT2D eigenvalue weighted by atomic mass is 10.1. The summed E-state index contributed by atoms with van der Waals surface area (Å²) >= 11 is 0. The molecule has 1 aliphatic rings. The quantitative estimate of drug-likeness (QED) is 0.775. The summed E-state index contributed by atoms with van der Waals surface area (Å²) in [5, 5.41) is 8.94. The van der Waals surface area contributed by atoms with Crippen molar-refractivity contribution in [3.05, 3.63) is 23.3 Å². The van der Waals surface area contributed by atoms with E-state index in [-0.39, 0.29) is 6.61 Å². The van der Waals surface area contributed by atoms with Crippen molar-refractivity contribution in [2.75, 3.05) is 45.1 Å². The molecule has 6 nitrogen and oxygen atoms in total. The van der Waals surface area contributed by atoms with Gasteiger partial charge in [0.25, 0.3) is 0 Å². The number of aliphatic hydroxyl groups is 1. The van der Waals surface area contributed by atoms with E-state index >= 15 is 0 Å². The Kier molecular flexibility index (Phi) is 4.88. The van der Waals surface area contributed by atoms with Crippen LogP contribution >= 0.6 is 0 Å². The largest absolute Gasteiger partial charge is 0.399 e. The van der Waals surface area contributed by atoms with Gasteiger partial charge < -0.3 is 10.8 Å². The lowest BCUT2D eigenvalue weighted by Crippen LogP contribution is -2.49. The number of hydrogen-bond acceptors (Lipinski definition) is 5. The van der Waals surface area contributed by atoms with E-state index < -0.39 is 10.0 Å². The highest BCUT2D eigenvalue weighted by molar-refractivity contribution is 7.89. The Morgan fingerprint density at radius 1 is 1.14 bits per heavy atom. The molecule has 3 N–H and O–H groups in total. The number of piperazine rings is 1. The van der Waals surface area contributed by atoms with E-state index in [2.05, 4.69) is 4.90 Å². The molecule has 0 unspecified atom stereocenters. The highest BCUT2D eigenvalue weighted by Crippen LogP contribution is 2.26. The number of nitrogens with two attached hydrogens (primary N) is 1. The van der Waals surface area contributed by atoms with Crippen molar-refractivity contribution in [1.29, 1.82) is 0 Å². The zero-order valence-electron chi connectivity index (χ0n) is 12.5. The van der Waals surface area contributed by atoms with Gasteiger partial charge in [0.15, 0.2) is 0 Å². The summed E-state index contributed by atoms with van der Waals surface area (Å²) in [5.41, 5.74) is 7.71. The van der Waals surface area contributed by atoms with Crippen LogP contribution in [0.5, 0.6) is 0 Å². The van der Waals surface area contributed by atoms with E-state index in [1.54, 1.807) is 26.0 Å². The van der Waals surface area contributed by atoms with Crippen molar-refractivity contribution >= 4 is 15.7 Å². The Morgan fingerprint density at radius 3 is 2.14 bits per heavy atom. The first-order valence-corrected chi connectivity index (χ1v) is 8.50. The second kappa shape index (κ2) is 6.31. The standard InChI is InChI=1S/C14H23N3O3S/c1-11-9-13(15)10-12(2)14(11)21(19,20)17-5-3-16(4-6-17)7-8-18/h9-10,18H,3-8,15H2,1-2H3. The van der Waals surface area contributed by atoms with Crippen LogP contribution in [-0.2, 0) is 10.0 Å². The maximum absolute atomic E-state index is 12.8. The van der Waals surface area contributed by atoms with Gasteiger partial charge in [-0.15, -0.1) is 0 Å². The van der Waals surface area contributed by atoms with E-state index in [1.165, 1.54) is 4.31 Å². The van der Waals surface area contributed by atoms with Gasteiger partial charge in [-0.1, -0.05) is 0 Å². The van der Waals surface area contributed by atoms with Gasteiger partial charge in [0.05, 0.1) is 11.5 Å². The smallest absolute Gasteiger partial charge is 0.243 e. The van der Waals surface area contributed by atoms with Crippen LogP contribution in [0.1, 0.15) is 11.1 Å². The third kappa shape index (κ3) is 3.37. The van der Waals surface area contributed by atoms with Crippen LogP contribution in [0.3, 0.4) is 0 Å². The molecule has 0 atom stereocenters. The molecule has 1 heterocycles. The molecule has 1 aliphatic heterocycles. The number of hydrogen-bond donors (Lipinski definition) is 2. The minimum Gasteiger partial charge on any atom is -0.399 e. The van der Waals surface area contributed by atoms with Gasteiger partial charge in [-0.05, 0) is 37.1 Å². The normalized spacial score (nSPS) is 18.0. The summed E-state index contributed by atoms with van der Waals surface area (Å²) in [6.45, 7) is 6.43. The second-order valence-electron chi connectivity index (χ2n) is 5.45. The van der Waals surface area contributed by atoms with Crippen molar-refractivity contribution in [1.82, 2.24) is 9.21 Å². The molecule has 21 heavy (non-hydrogen) atoms. The van der Waals surface area contributed by atoms with Crippen molar-refractivity contribution in [2.24, 2.45) is 0 Å². The number of aryl methyl sites for hydroxylation is 2. The number of anilines is 1. The molecule has 2 rings (SSSR count). The molecular formula is C14H23N3O3S. The van der Waals surface area contributed by atoms with Crippen molar-refractivity contribution in [3.8, 4) is 0 Å². The third-order valence-corrected chi connectivity index (χ3v) is 6.03. The van der Waals surface area contributed by atoms with Gasteiger partial charge in [0, 0.05) is 38.4 Å². The molecule has 0 amide bonds.